The average molecular weight is 281 g/mol. The van der Waals surface area contributed by atoms with Gasteiger partial charge in [-0.05, 0) is 30.2 Å². The number of nitrogens with zero attached hydrogens (tertiary/aromatic N) is 1. The number of carbonyl (C=O) groups is 1. The van der Waals surface area contributed by atoms with Crippen LogP contribution in [-0.2, 0) is 16.0 Å². The van der Waals surface area contributed by atoms with Crippen molar-refractivity contribution in [2.24, 2.45) is 0 Å². The number of rotatable bonds is 9. The summed E-state index contributed by atoms with van der Waals surface area (Å²) >= 11 is 0. The highest BCUT2D eigenvalue weighted by Crippen LogP contribution is 2.13. The second-order valence-corrected chi connectivity index (χ2v) is 4.71. The van der Waals surface area contributed by atoms with Crippen LogP contribution in [0.15, 0.2) is 18.2 Å². The molecule has 1 rings (SSSR count). The highest BCUT2D eigenvalue weighted by atomic mass is 16.5. The van der Waals surface area contributed by atoms with E-state index in [1.54, 1.807) is 26.4 Å². The normalized spacial score (nSPS) is 11.0. The van der Waals surface area contributed by atoms with E-state index in [2.05, 4.69) is 4.90 Å². The molecule has 0 heterocycles. The Kier molecular flexibility index (Phi) is 7.22. The minimum atomic E-state index is -0.893. The monoisotopic (exact) mass is 281 g/mol. The number of carboxylic acids is 1. The molecule has 0 aliphatic carbocycles. The smallest absolute Gasteiger partial charge is 0.335 e. The van der Waals surface area contributed by atoms with E-state index < -0.39 is 5.97 Å². The van der Waals surface area contributed by atoms with Crippen LogP contribution in [0.4, 0.5) is 0 Å². The highest BCUT2D eigenvalue weighted by Gasteiger charge is 2.10. The van der Waals surface area contributed by atoms with Crippen molar-refractivity contribution in [3.63, 3.8) is 0 Å². The van der Waals surface area contributed by atoms with Crippen molar-refractivity contribution in [1.29, 1.82) is 0 Å². The van der Waals surface area contributed by atoms with Crippen molar-refractivity contribution in [2.45, 2.75) is 13.5 Å². The Labute approximate surface area is 120 Å². The van der Waals surface area contributed by atoms with Crippen molar-refractivity contribution >= 4 is 5.97 Å². The molecular formula is C15H23NO4. The highest BCUT2D eigenvalue weighted by molar-refractivity contribution is 5.87. The van der Waals surface area contributed by atoms with Crippen molar-refractivity contribution in [1.82, 2.24) is 4.90 Å². The molecule has 0 aliphatic heterocycles. The zero-order valence-electron chi connectivity index (χ0n) is 12.4. The fourth-order valence-corrected chi connectivity index (χ4v) is 1.96. The molecule has 0 saturated carbocycles. The van der Waals surface area contributed by atoms with E-state index in [0.29, 0.717) is 18.8 Å². The van der Waals surface area contributed by atoms with Crippen LogP contribution in [0.1, 0.15) is 21.5 Å². The summed E-state index contributed by atoms with van der Waals surface area (Å²) < 4.78 is 10.2. The zero-order chi connectivity index (χ0) is 15.0. The molecule has 0 aliphatic rings. The molecule has 0 bridgehead atoms. The number of methoxy groups -OCH3 is 2. The summed E-state index contributed by atoms with van der Waals surface area (Å²) in [5.41, 5.74) is 2.44. The van der Waals surface area contributed by atoms with Crippen LogP contribution in [0, 0.1) is 6.92 Å². The van der Waals surface area contributed by atoms with Crippen LogP contribution in [0.2, 0.25) is 0 Å². The summed E-state index contributed by atoms with van der Waals surface area (Å²) in [4.78, 5) is 13.2. The Morgan fingerprint density at radius 2 is 1.80 bits per heavy atom. The van der Waals surface area contributed by atoms with Gasteiger partial charge in [0.05, 0.1) is 18.8 Å². The predicted octanol–water partition coefficient (Wildman–Crippen LogP) is 1.79. The Morgan fingerprint density at radius 3 is 2.25 bits per heavy atom. The maximum Gasteiger partial charge on any atom is 0.335 e. The molecule has 1 aromatic rings. The molecule has 0 atom stereocenters. The first-order valence-corrected chi connectivity index (χ1v) is 6.61. The van der Waals surface area contributed by atoms with Crippen LogP contribution in [0.3, 0.4) is 0 Å². The van der Waals surface area contributed by atoms with Crippen molar-refractivity contribution in [3.05, 3.63) is 34.9 Å². The van der Waals surface area contributed by atoms with Gasteiger partial charge in [-0.1, -0.05) is 6.07 Å². The second kappa shape index (κ2) is 8.68. The second-order valence-electron chi connectivity index (χ2n) is 4.71. The molecule has 1 N–H and O–H groups in total. The van der Waals surface area contributed by atoms with Crippen LogP contribution in [-0.4, -0.2) is 56.5 Å². The fraction of sp³-hybridized carbons (Fsp3) is 0.533. The number of benzene rings is 1. The van der Waals surface area contributed by atoms with E-state index in [9.17, 15) is 4.79 Å². The first-order valence-electron chi connectivity index (χ1n) is 6.61. The number of carboxylic acid groups (broad SMARTS) is 1. The van der Waals surface area contributed by atoms with Crippen molar-refractivity contribution < 1.29 is 19.4 Å². The van der Waals surface area contributed by atoms with Crippen LogP contribution >= 0.6 is 0 Å². The van der Waals surface area contributed by atoms with E-state index in [0.717, 1.165) is 30.8 Å². The van der Waals surface area contributed by atoms with Gasteiger partial charge in [0.1, 0.15) is 0 Å². The minimum Gasteiger partial charge on any atom is -0.478 e. The van der Waals surface area contributed by atoms with Gasteiger partial charge >= 0.3 is 5.97 Å². The lowest BCUT2D eigenvalue weighted by Crippen LogP contribution is -2.30. The van der Waals surface area contributed by atoms with E-state index >= 15 is 0 Å². The average Bonchev–Trinajstić information content (AvgIpc) is 2.43. The molecular weight excluding hydrogens is 258 g/mol. The number of hydrogen-bond donors (Lipinski definition) is 1. The first-order chi connectivity index (χ1) is 9.58. The molecule has 112 valence electrons. The molecule has 0 fully saturated rings. The van der Waals surface area contributed by atoms with E-state index in [1.165, 1.54) is 0 Å². The largest absolute Gasteiger partial charge is 0.478 e. The molecule has 1 aromatic carbocycles. The molecule has 0 radical (unpaired) electrons. The number of aryl methyl sites for hydroxylation is 1. The number of hydrogen-bond acceptors (Lipinski definition) is 4. The van der Waals surface area contributed by atoms with E-state index in [4.69, 9.17) is 14.6 Å². The molecule has 5 heteroatoms. The molecule has 0 saturated heterocycles. The third kappa shape index (κ3) is 5.28. The van der Waals surface area contributed by atoms with Gasteiger partial charge in [0.2, 0.25) is 0 Å². The number of ether oxygens (including phenoxy) is 2. The molecule has 0 amide bonds. The lowest BCUT2D eigenvalue weighted by atomic mass is 10.0. The fourth-order valence-electron chi connectivity index (χ4n) is 1.96. The summed E-state index contributed by atoms with van der Waals surface area (Å²) in [5.74, 6) is -0.893. The standard InChI is InChI=1S/C15H23NO4/c1-12-10-13(15(17)18)4-5-14(12)11-16(6-8-19-2)7-9-20-3/h4-5,10H,6-9,11H2,1-3H3,(H,17,18). The molecule has 0 spiro atoms. The maximum absolute atomic E-state index is 10.9. The van der Waals surface area contributed by atoms with Gasteiger partial charge < -0.3 is 14.6 Å². The van der Waals surface area contributed by atoms with Gasteiger partial charge in [-0.15, -0.1) is 0 Å². The summed E-state index contributed by atoms with van der Waals surface area (Å²) in [6.07, 6.45) is 0. The van der Waals surface area contributed by atoms with Crippen LogP contribution < -0.4 is 0 Å². The Morgan fingerprint density at radius 1 is 1.20 bits per heavy atom. The predicted molar refractivity (Wildman–Crippen MR) is 77.2 cm³/mol. The summed E-state index contributed by atoms with van der Waals surface area (Å²) in [6.45, 7) is 5.66. The van der Waals surface area contributed by atoms with Gasteiger partial charge in [0, 0.05) is 33.9 Å². The van der Waals surface area contributed by atoms with Crippen molar-refractivity contribution in [3.8, 4) is 0 Å². The lowest BCUT2D eigenvalue weighted by molar-refractivity contribution is 0.0696. The summed E-state index contributed by atoms with van der Waals surface area (Å²) in [7, 11) is 3.36. The third-order valence-electron chi connectivity index (χ3n) is 3.21. The maximum atomic E-state index is 10.9. The minimum absolute atomic E-state index is 0.326. The van der Waals surface area contributed by atoms with Gasteiger partial charge in [-0.2, -0.15) is 0 Å². The van der Waals surface area contributed by atoms with Crippen molar-refractivity contribution in [2.75, 3.05) is 40.5 Å². The number of aromatic carboxylic acids is 1. The molecule has 20 heavy (non-hydrogen) atoms. The van der Waals surface area contributed by atoms with E-state index in [-0.39, 0.29) is 0 Å². The van der Waals surface area contributed by atoms with Crippen LogP contribution in [0.5, 0.6) is 0 Å². The Hall–Kier alpha value is -1.43. The Balaban J connectivity index is 2.73. The molecule has 0 unspecified atom stereocenters. The summed E-state index contributed by atoms with van der Waals surface area (Å²) in [5, 5.41) is 8.97. The first kappa shape index (κ1) is 16.6. The molecule has 5 nitrogen and oxygen atoms in total. The van der Waals surface area contributed by atoms with Gasteiger partial charge in [-0.3, -0.25) is 4.90 Å². The van der Waals surface area contributed by atoms with Gasteiger partial charge in [0.25, 0.3) is 0 Å². The zero-order valence-corrected chi connectivity index (χ0v) is 12.4. The van der Waals surface area contributed by atoms with Gasteiger partial charge in [0.15, 0.2) is 0 Å². The lowest BCUT2D eigenvalue weighted by Gasteiger charge is -2.22. The third-order valence-corrected chi connectivity index (χ3v) is 3.21. The quantitative estimate of drug-likeness (QED) is 0.748. The van der Waals surface area contributed by atoms with Crippen LogP contribution in [0.25, 0.3) is 0 Å². The topological polar surface area (TPSA) is 59.0 Å². The Bertz CT molecular complexity index is 426. The van der Waals surface area contributed by atoms with Gasteiger partial charge in [-0.25, -0.2) is 4.79 Å². The molecule has 0 aromatic heterocycles. The SMILES string of the molecule is COCCN(CCOC)Cc1ccc(C(=O)O)cc1C. The summed E-state index contributed by atoms with van der Waals surface area (Å²) in [6, 6.07) is 5.24. The van der Waals surface area contributed by atoms with E-state index in [1.807, 2.05) is 13.0 Å².